The van der Waals surface area contributed by atoms with Crippen LogP contribution in [0.25, 0.3) is 0 Å². The van der Waals surface area contributed by atoms with E-state index in [1.807, 2.05) is 4.90 Å². The van der Waals surface area contributed by atoms with Gasteiger partial charge in [-0.1, -0.05) is 19.4 Å². The largest absolute Gasteiger partial charge is 0.336 e. The Morgan fingerprint density at radius 1 is 1.08 bits per heavy atom. The van der Waals surface area contributed by atoms with Crippen LogP contribution >= 0.6 is 0 Å². The molecule has 2 aliphatic rings. The van der Waals surface area contributed by atoms with Crippen molar-refractivity contribution < 1.29 is 13.2 Å². The Labute approximate surface area is 157 Å². The molecular formula is C20H30N2O3S. The number of carbonyl (C=O) groups excluding carboxylic acids is 1. The lowest BCUT2D eigenvalue weighted by molar-refractivity contribution is 0.0608. The van der Waals surface area contributed by atoms with Crippen LogP contribution in [0.4, 0.5) is 0 Å². The fourth-order valence-electron chi connectivity index (χ4n) is 4.11. The SMILES string of the molecule is CCC1CCCCN1C(=O)c1ccc(C)c(S(=O)(=O)N2CCCCC2)c1. The van der Waals surface area contributed by atoms with Gasteiger partial charge in [0.1, 0.15) is 0 Å². The average Bonchev–Trinajstić information content (AvgIpc) is 2.68. The van der Waals surface area contributed by atoms with Crippen LogP contribution < -0.4 is 0 Å². The molecule has 2 heterocycles. The van der Waals surface area contributed by atoms with E-state index in [1.54, 1.807) is 29.4 Å². The first-order valence-corrected chi connectivity index (χ1v) is 11.3. The van der Waals surface area contributed by atoms with Crippen LogP contribution in [0.2, 0.25) is 0 Å². The van der Waals surface area contributed by atoms with Gasteiger partial charge in [0.2, 0.25) is 10.0 Å². The van der Waals surface area contributed by atoms with Crippen molar-refractivity contribution >= 4 is 15.9 Å². The smallest absolute Gasteiger partial charge is 0.254 e. The predicted octanol–water partition coefficient (Wildman–Crippen LogP) is 3.57. The normalized spacial score (nSPS) is 22.4. The number of benzene rings is 1. The highest BCUT2D eigenvalue weighted by atomic mass is 32.2. The Bertz CT molecular complexity index is 754. The molecule has 1 unspecified atom stereocenters. The van der Waals surface area contributed by atoms with Crippen molar-refractivity contribution in [1.29, 1.82) is 0 Å². The summed E-state index contributed by atoms with van der Waals surface area (Å²) in [5, 5.41) is 0. The molecule has 2 fully saturated rings. The number of nitrogens with zero attached hydrogens (tertiary/aromatic N) is 2. The van der Waals surface area contributed by atoms with Gasteiger partial charge in [-0.3, -0.25) is 4.79 Å². The van der Waals surface area contributed by atoms with Crippen molar-refractivity contribution in [2.75, 3.05) is 19.6 Å². The van der Waals surface area contributed by atoms with E-state index in [9.17, 15) is 13.2 Å². The topological polar surface area (TPSA) is 57.7 Å². The summed E-state index contributed by atoms with van der Waals surface area (Å²) in [6.45, 7) is 5.83. The number of sulfonamides is 1. The van der Waals surface area contributed by atoms with Gasteiger partial charge in [0.05, 0.1) is 4.90 Å². The van der Waals surface area contributed by atoms with Crippen LogP contribution in [-0.2, 0) is 10.0 Å². The van der Waals surface area contributed by atoms with Crippen LogP contribution in [0, 0.1) is 6.92 Å². The third-order valence-corrected chi connectivity index (χ3v) is 7.77. The lowest BCUT2D eigenvalue weighted by atomic mass is 9.98. The van der Waals surface area contributed by atoms with Crippen molar-refractivity contribution in [3.8, 4) is 0 Å². The summed E-state index contributed by atoms with van der Waals surface area (Å²) in [7, 11) is -3.54. The highest BCUT2D eigenvalue weighted by Gasteiger charge is 2.30. The van der Waals surface area contributed by atoms with E-state index in [4.69, 9.17) is 0 Å². The van der Waals surface area contributed by atoms with Crippen LogP contribution in [0.3, 0.4) is 0 Å². The first-order chi connectivity index (χ1) is 12.4. The quantitative estimate of drug-likeness (QED) is 0.805. The van der Waals surface area contributed by atoms with Crippen molar-refractivity contribution in [3.05, 3.63) is 29.3 Å². The van der Waals surface area contributed by atoms with Gasteiger partial charge in [0.25, 0.3) is 5.91 Å². The molecule has 6 heteroatoms. The lowest BCUT2D eigenvalue weighted by Crippen LogP contribution is -2.43. The van der Waals surface area contributed by atoms with Crippen molar-refractivity contribution in [2.24, 2.45) is 0 Å². The van der Waals surface area contributed by atoms with Crippen LogP contribution in [0.15, 0.2) is 23.1 Å². The minimum absolute atomic E-state index is 0.0355. The minimum atomic E-state index is -3.54. The molecule has 1 aromatic rings. The summed E-state index contributed by atoms with van der Waals surface area (Å²) in [6, 6.07) is 5.41. The summed E-state index contributed by atoms with van der Waals surface area (Å²) >= 11 is 0. The zero-order chi connectivity index (χ0) is 18.7. The van der Waals surface area contributed by atoms with Crippen LogP contribution in [-0.4, -0.2) is 49.2 Å². The number of carbonyl (C=O) groups is 1. The monoisotopic (exact) mass is 378 g/mol. The Hall–Kier alpha value is -1.40. The Balaban J connectivity index is 1.91. The van der Waals surface area contributed by atoms with E-state index >= 15 is 0 Å². The number of piperidine rings is 2. The van der Waals surface area contributed by atoms with E-state index in [0.717, 1.165) is 51.5 Å². The molecule has 0 bridgehead atoms. The number of amides is 1. The summed E-state index contributed by atoms with van der Waals surface area (Å²) in [6.07, 6.45) is 7.05. The molecule has 2 saturated heterocycles. The molecule has 5 nitrogen and oxygen atoms in total. The molecular weight excluding hydrogens is 348 g/mol. The van der Waals surface area contributed by atoms with Gasteiger partial charge in [0.15, 0.2) is 0 Å². The van der Waals surface area contributed by atoms with Crippen molar-refractivity contribution in [2.45, 2.75) is 69.7 Å². The zero-order valence-electron chi connectivity index (χ0n) is 15.9. The van der Waals surface area contributed by atoms with Gasteiger partial charge in [-0.05, 0) is 63.1 Å². The van der Waals surface area contributed by atoms with Gasteiger partial charge in [-0.15, -0.1) is 0 Å². The number of hydrogen-bond acceptors (Lipinski definition) is 3. The number of likely N-dealkylation sites (tertiary alicyclic amines) is 1. The number of hydrogen-bond donors (Lipinski definition) is 0. The Morgan fingerprint density at radius 3 is 2.46 bits per heavy atom. The summed E-state index contributed by atoms with van der Waals surface area (Å²) in [5.74, 6) is -0.0355. The van der Waals surface area contributed by atoms with Crippen LogP contribution in [0.1, 0.15) is 67.8 Å². The maximum Gasteiger partial charge on any atom is 0.254 e. The van der Waals surface area contributed by atoms with E-state index in [2.05, 4.69) is 6.92 Å². The van der Waals surface area contributed by atoms with Crippen molar-refractivity contribution in [1.82, 2.24) is 9.21 Å². The molecule has 0 N–H and O–H groups in total. The Kier molecular flexibility index (Phi) is 6.03. The minimum Gasteiger partial charge on any atom is -0.336 e. The first kappa shape index (κ1) is 19.4. The molecule has 0 radical (unpaired) electrons. The molecule has 2 aliphatic heterocycles. The zero-order valence-corrected chi connectivity index (χ0v) is 16.7. The number of aryl methyl sites for hydroxylation is 1. The highest BCUT2D eigenvalue weighted by Crippen LogP contribution is 2.27. The maximum absolute atomic E-state index is 13.1. The van der Waals surface area contributed by atoms with Gasteiger partial charge in [-0.2, -0.15) is 4.31 Å². The van der Waals surface area contributed by atoms with Gasteiger partial charge < -0.3 is 4.90 Å². The Morgan fingerprint density at radius 2 is 1.77 bits per heavy atom. The molecule has 144 valence electrons. The second kappa shape index (κ2) is 8.09. The molecule has 1 aromatic carbocycles. The molecule has 1 atom stereocenters. The molecule has 0 saturated carbocycles. The molecule has 1 amide bonds. The van der Waals surface area contributed by atoms with E-state index < -0.39 is 10.0 Å². The first-order valence-electron chi connectivity index (χ1n) is 9.87. The van der Waals surface area contributed by atoms with E-state index in [0.29, 0.717) is 24.2 Å². The molecule has 0 aromatic heterocycles. The average molecular weight is 379 g/mol. The predicted molar refractivity (Wildman–Crippen MR) is 103 cm³/mol. The van der Waals surface area contributed by atoms with Gasteiger partial charge in [-0.25, -0.2) is 8.42 Å². The third kappa shape index (κ3) is 3.81. The van der Waals surface area contributed by atoms with Crippen LogP contribution in [0.5, 0.6) is 0 Å². The molecule has 3 rings (SSSR count). The summed E-state index contributed by atoms with van der Waals surface area (Å²) < 4.78 is 27.7. The van der Waals surface area contributed by atoms with E-state index in [1.165, 1.54) is 0 Å². The molecule has 0 spiro atoms. The molecule has 26 heavy (non-hydrogen) atoms. The fourth-order valence-corrected chi connectivity index (χ4v) is 5.88. The maximum atomic E-state index is 13.1. The van der Waals surface area contributed by atoms with Gasteiger partial charge in [0, 0.05) is 31.2 Å². The standard InChI is InChI=1S/C20H30N2O3S/c1-3-18-9-5-8-14-22(18)20(23)17-11-10-16(2)19(15-17)26(24,25)21-12-6-4-7-13-21/h10-11,15,18H,3-9,12-14H2,1-2H3. The summed E-state index contributed by atoms with van der Waals surface area (Å²) in [5.41, 5.74) is 1.20. The number of rotatable bonds is 4. The highest BCUT2D eigenvalue weighted by molar-refractivity contribution is 7.89. The van der Waals surface area contributed by atoms with Gasteiger partial charge >= 0.3 is 0 Å². The van der Waals surface area contributed by atoms with E-state index in [-0.39, 0.29) is 16.8 Å². The second-order valence-electron chi connectivity index (χ2n) is 7.50. The third-order valence-electron chi connectivity index (χ3n) is 5.73. The molecule has 0 aliphatic carbocycles. The second-order valence-corrected chi connectivity index (χ2v) is 9.41. The van der Waals surface area contributed by atoms with Crippen molar-refractivity contribution in [3.63, 3.8) is 0 Å². The summed E-state index contributed by atoms with van der Waals surface area (Å²) in [4.78, 5) is 15.3. The lowest BCUT2D eigenvalue weighted by Gasteiger charge is -2.35. The fraction of sp³-hybridized carbons (Fsp3) is 0.650.